The van der Waals surface area contributed by atoms with Crippen LogP contribution >= 0.6 is 0 Å². The first-order valence-corrected chi connectivity index (χ1v) is 4.17. The second-order valence-corrected chi connectivity index (χ2v) is 3.10. The molecule has 1 aliphatic rings. The lowest BCUT2D eigenvalue weighted by molar-refractivity contribution is -0.139. The largest absolute Gasteiger partial charge is 0.480 e. The van der Waals surface area contributed by atoms with E-state index in [2.05, 4.69) is 5.32 Å². The van der Waals surface area contributed by atoms with Crippen LogP contribution in [0.4, 0.5) is 0 Å². The number of carboxylic acid groups (broad SMARTS) is 1. The van der Waals surface area contributed by atoms with Gasteiger partial charge in [0.1, 0.15) is 6.04 Å². The predicted octanol–water partition coefficient (Wildman–Crippen LogP) is 0.795. The summed E-state index contributed by atoms with van der Waals surface area (Å²) in [5.74, 6) is -0.800. The highest BCUT2D eigenvalue weighted by atomic mass is 16.4. The second kappa shape index (κ2) is 3.18. The third kappa shape index (κ3) is 1.55. The van der Waals surface area contributed by atoms with E-state index in [1.165, 1.54) is 0 Å². The van der Waals surface area contributed by atoms with Crippen molar-refractivity contribution in [3.05, 3.63) is 41.9 Å². The molecule has 1 heterocycles. The van der Waals surface area contributed by atoms with E-state index in [-0.39, 0.29) is 0 Å². The van der Waals surface area contributed by atoms with Gasteiger partial charge in [-0.05, 0) is 17.5 Å². The Hall–Kier alpha value is -1.35. The molecule has 13 heavy (non-hydrogen) atoms. The monoisotopic (exact) mass is 176 g/mol. The Morgan fingerprint density at radius 3 is 3.00 bits per heavy atom. The summed E-state index contributed by atoms with van der Waals surface area (Å²) < 4.78 is 0. The molecule has 0 saturated carbocycles. The molecule has 1 aromatic rings. The zero-order valence-electron chi connectivity index (χ0n) is 7.03. The summed E-state index contributed by atoms with van der Waals surface area (Å²) in [5.41, 5.74) is 2.17. The van der Waals surface area contributed by atoms with E-state index in [1.54, 1.807) is 6.54 Å². The van der Waals surface area contributed by atoms with E-state index in [0.29, 0.717) is 6.42 Å². The van der Waals surface area contributed by atoms with Gasteiger partial charge in [0.05, 0.1) is 6.54 Å². The van der Waals surface area contributed by atoms with Crippen LogP contribution in [0.5, 0.6) is 0 Å². The van der Waals surface area contributed by atoms with E-state index in [1.807, 2.05) is 24.3 Å². The topological polar surface area (TPSA) is 49.3 Å². The summed E-state index contributed by atoms with van der Waals surface area (Å²) in [6.07, 6.45) is 0.558. The summed E-state index contributed by atoms with van der Waals surface area (Å²) in [5, 5.41) is 11.6. The van der Waals surface area contributed by atoms with Crippen molar-refractivity contribution in [3.63, 3.8) is 0 Å². The van der Waals surface area contributed by atoms with Crippen molar-refractivity contribution >= 4 is 5.97 Å². The number of carbonyl (C=O) groups is 1. The van der Waals surface area contributed by atoms with Crippen molar-refractivity contribution in [2.24, 2.45) is 0 Å². The fourth-order valence-corrected chi connectivity index (χ4v) is 1.49. The van der Waals surface area contributed by atoms with Crippen LogP contribution in [0.15, 0.2) is 24.3 Å². The van der Waals surface area contributed by atoms with Crippen LogP contribution in [-0.2, 0) is 11.2 Å². The highest BCUT2D eigenvalue weighted by Crippen LogP contribution is 2.17. The summed E-state index contributed by atoms with van der Waals surface area (Å²) in [7, 11) is 0. The van der Waals surface area contributed by atoms with E-state index < -0.39 is 12.0 Å². The molecule has 2 N–H and O–H groups in total. The Bertz CT molecular complexity index is 335. The highest BCUT2D eigenvalue weighted by molar-refractivity contribution is 5.74. The van der Waals surface area contributed by atoms with Crippen molar-refractivity contribution in [2.45, 2.75) is 12.5 Å². The average molecular weight is 176 g/mol. The lowest BCUT2D eigenvalue weighted by Crippen LogP contribution is -2.40. The molecule has 0 saturated heterocycles. The van der Waals surface area contributed by atoms with E-state index >= 15 is 0 Å². The Balaban J connectivity index is 2.24. The highest BCUT2D eigenvalue weighted by Gasteiger charge is 2.22. The van der Waals surface area contributed by atoms with Gasteiger partial charge in [0.25, 0.3) is 0 Å². The molecular weight excluding hydrogens is 166 g/mol. The maximum atomic E-state index is 10.7. The number of nitrogens with one attached hydrogen (secondary N) is 1. The molecule has 0 spiro atoms. The van der Waals surface area contributed by atoms with Crippen LogP contribution < -0.4 is 5.32 Å². The molecule has 1 aliphatic heterocycles. The van der Waals surface area contributed by atoms with Crippen LogP contribution in [0.2, 0.25) is 0 Å². The van der Waals surface area contributed by atoms with Gasteiger partial charge < -0.3 is 5.11 Å². The smallest absolute Gasteiger partial charge is 0.321 e. The molecule has 67 valence electrons. The number of hydrogen-bond acceptors (Lipinski definition) is 2. The molecule has 0 amide bonds. The normalized spacial score (nSPS) is 20.8. The lowest BCUT2D eigenvalue weighted by atomic mass is 9.96. The van der Waals surface area contributed by atoms with Crippen LogP contribution in [0, 0.1) is 6.54 Å². The number of carboxylic acids is 1. The van der Waals surface area contributed by atoms with Crippen molar-refractivity contribution in [3.8, 4) is 0 Å². The molecule has 3 heteroatoms. The van der Waals surface area contributed by atoms with Gasteiger partial charge in [-0.2, -0.15) is 0 Å². The minimum atomic E-state index is -0.800. The zero-order chi connectivity index (χ0) is 9.26. The first kappa shape index (κ1) is 8.26. The third-order valence-corrected chi connectivity index (χ3v) is 2.22. The summed E-state index contributed by atoms with van der Waals surface area (Å²) in [6.45, 7) is 1.76. The van der Waals surface area contributed by atoms with E-state index in [4.69, 9.17) is 5.11 Å². The van der Waals surface area contributed by atoms with Gasteiger partial charge in [-0.1, -0.05) is 24.3 Å². The summed E-state index contributed by atoms with van der Waals surface area (Å²) in [4.78, 5) is 10.7. The maximum absolute atomic E-state index is 10.7. The van der Waals surface area contributed by atoms with Gasteiger partial charge in [-0.15, -0.1) is 0 Å². The standard InChI is InChI=1S/C10H10NO2/c12-10(13)9-5-7-3-1-2-4-8(7)6-11-9/h1-4,6,9,11H,5H2,(H,12,13). The maximum Gasteiger partial charge on any atom is 0.321 e. The van der Waals surface area contributed by atoms with Crippen LogP contribution in [-0.4, -0.2) is 17.1 Å². The Labute approximate surface area is 76.4 Å². The molecule has 0 bridgehead atoms. The van der Waals surface area contributed by atoms with Gasteiger partial charge in [-0.25, -0.2) is 0 Å². The first-order chi connectivity index (χ1) is 6.27. The van der Waals surface area contributed by atoms with Gasteiger partial charge in [0.2, 0.25) is 0 Å². The molecule has 0 aromatic heterocycles. The summed E-state index contributed by atoms with van der Waals surface area (Å²) >= 11 is 0. The molecule has 1 radical (unpaired) electrons. The van der Waals surface area contributed by atoms with Gasteiger partial charge in [-0.3, -0.25) is 10.1 Å². The molecule has 0 fully saturated rings. The second-order valence-electron chi connectivity index (χ2n) is 3.10. The summed E-state index contributed by atoms with van der Waals surface area (Å²) in [6, 6.07) is 7.33. The minimum Gasteiger partial charge on any atom is -0.480 e. The van der Waals surface area contributed by atoms with Gasteiger partial charge in [0.15, 0.2) is 0 Å². The first-order valence-electron chi connectivity index (χ1n) is 4.17. The van der Waals surface area contributed by atoms with E-state index in [0.717, 1.165) is 11.1 Å². The van der Waals surface area contributed by atoms with Gasteiger partial charge in [0, 0.05) is 0 Å². The quantitative estimate of drug-likeness (QED) is 0.665. The molecule has 1 atom stereocenters. The molecule has 3 nitrogen and oxygen atoms in total. The molecule has 1 unspecified atom stereocenters. The van der Waals surface area contributed by atoms with Gasteiger partial charge >= 0.3 is 5.97 Å². The van der Waals surface area contributed by atoms with Crippen molar-refractivity contribution in [1.29, 1.82) is 0 Å². The van der Waals surface area contributed by atoms with Crippen molar-refractivity contribution < 1.29 is 9.90 Å². The number of aliphatic carboxylic acids is 1. The van der Waals surface area contributed by atoms with E-state index in [9.17, 15) is 4.79 Å². The lowest BCUT2D eigenvalue weighted by Gasteiger charge is -2.22. The fourth-order valence-electron chi connectivity index (χ4n) is 1.49. The number of rotatable bonds is 1. The predicted molar refractivity (Wildman–Crippen MR) is 48.1 cm³/mol. The van der Waals surface area contributed by atoms with Crippen LogP contribution in [0.3, 0.4) is 0 Å². The Morgan fingerprint density at radius 2 is 2.23 bits per heavy atom. The van der Waals surface area contributed by atoms with Crippen LogP contribution in [0.25, 0.3) is 0 Å². The fraction of sp³-hybridized carbons (Fsp3) is 0.200. The molecular formula is C10H10NO2. The Kier molecular flexibility index (Phi) is 2.02. The Morgan fingerprint density at radius 1 is 1.46 bits per heavy atom. The molecule has 2 rings (SSSR count). The number of benzene rings is 1. The average Bonchev–Trinajstić information content (AvgIpc) is 2.17. The number of fused-ring (bicyclic) bond motifs is 1. The van der Waals surface area contributed by atoms with Crippen molar-refractivity contribution in [1.82, 2.24) is 5.32 Å². The number of hydrogen-bond donors (Lipinski definition) is 2. The van der Waals surface area contributed by atoms with Crippen molar-refractivity contribution in [2.75, 3.05) is 0 Å². The third-order valence-electron chi connectivity index (χ3n) is 2.22. The SMILES string of the molecule is O=C(O)C1Cc2ccccc2[CH]N1. The zero-order valence-corrected chi connectivity index (χ0v) is 7.03. The van der Waals surface area contributed by atoms with Crippen LogP contribution in [0.1, 0.15) is 11.1 Å². The molecule has 1 aromatic carbocycles. The minimum absolute atomic E-state index is 0.477. The molecule has 0 aliphatic carbocycles.